The third-order valence-corrected chi connectivity index (χ3v) is 6.98. The molecule has 1 saturated heterocycles. The Kier molecular flexibility index (Phi) is 5.41. The van der Waals surface area contributed by atoms with Crippen molar-refractivity contribution in [3.05, 3.63) is 47.7 Å². The van der Waals surface area contributed by atoms with Crippen molar-refractivity contribution in [2.24, 2.45) is 4.99 Å². The predicted molar refractivity (Wildman–Crippen MR) is 140 cm³/mol. The summed E-state index contributed by atoms with van der Waals surface area (Å²) in [4.78, 5) is 20.1. The van der Waals surface area contributed by atoms with E-state index in [-0.39, 0.29) is 18.4 Å². The monoisotopic (exact) mass is 519 g/mol. The van der Waals surface area contributed by atoms with Crippen LogP contribution >= 0.6 is 0 Å². The Balaban J connectivity index is 1.62. The van der Waals surface area contributed by atoms with Gasteiger partial charge in [0, 0.05) is 28.8 Å². The van der Waals surface area contributed by atoms with E-state index in [4.69, 9.17) is 33.8 Å². The average Bonchev–Trinajstić information content (AvgIpc) is 3.62. The number of benzene rings is 2. The summed E-state index contributed by atoms with van der Waals surface area (Å²) >= 11 is 0. The summed E-state index contributed by atoms with van der Waals surface area (Å²) in [7, 11) is 4.76. The summed E-state index contributed by atoms with van der Waals surface area (Å²) in [6.45, 7) is 6.22. The van der Waals surface area contributed by atoms with Crippen LogP contribution in [0.4, 0.5) is 16.3 Å². The van der Waals surface area contributed by atoms with Crippen molar-refractivity contribution in [2.75, 3.05) is 33.0 Å². The Hall–Kier alpha value is -4.41. The lowest BCUT2D eigenvalue weighted by Gasteiger charge is -2.34. The van der Waals surface area contributed by atoms with E-state index in [2.05, 4.69) is 26.1 Å². The summed E-state index contributed by atoms with van der Waals surface area (Å²) in [5.41, 5.74) is 1.92. The molecule has 1 aromatic heterocycles. The number of hydrogen-bond donors (Lipinski definition) is 1. The average molecular weight is 520 g/mol. The fraction of sp³-hybridized carbons (Fsp3) is 0.370. The first-order valence-corrected chi connectivity index (χ1v) is 12.2. The standard InChI is InChI=1S/C27H29N5O6/c1-27(2,3)32-25-17(12-28-32)19(16-11-18(35-5)22-23(21(16)36-6)38-13-37-22)20-24(29-25)30-26(33)31(20)14-8-7-9-15(10-14)34-4/h7-12,19-20H,13H2,1-6H3,(H,29,30,33)/t19-,20+/m1/s1. The molecule has 6 rings (SSSR count). The lowest BCUT2D eigenvalue weighted by atomic mass is 9.82. The number of ether oxygens (including phenoxy) is 5. The van der Waals surface area contributed by atoms with Gasteiger partial charge in [-0.3, -0.25) is 10.2 Å². The molecule has 1 fully saturated rings. The maximum Gasteiger partial charge on any atom is 0.328 e. The molecule has 2 aromatic carbocycles. The number of fused-ring (bicyclic) bond motifs is 3. The van der Waals surface area contributed by atoms with Crippen LogP contribution in [0.15, 0.2) is 41.5 Å². The Morgan fingerprint density at radius 3 is 2.53 bits per heavy atom. The number of carbonyl (C=O) groups is 1. The maximum absolute atomic E-state index is 13.5. The van der Waals surface area contributed by atoms with Gasteiger partial charge in [0.05, 0.1) is 33.1 Å². The highest BCUT2D eigenvalue weighted by Crippen LogP contribution is 2.55. The van der Waals surface area contributed by atoms with E-state index >= 15 is 0 Å². The molecule has 3 aliphatic rings. The van der Waals surface area contributed by atoms with E-state index in [1.807, 2.05) is 41.2 Å². The lowest BCUT2D eigenvalue weighted by molar-refractivity contribution is 0.168. The van der Waals surface area contributed by atoms with Gasteiger partial charge in [-0.05, 0) is 39.0 Å². The number of hydrogen-bond acceptors (Lipinski definition) is 8. The van der Waals surface area contributed by atoms with Gasteiger partial charge in [0.2, 0.25) is 18.3 Å². The van der Waals surface area contributed by atoms with E-state index in [0.717, 1.165) is 11.1 Å². The van der Waals surface area contributed by atoms with Crippen LogP contribution in [0.25, 0.3) is 0 Å². The Morgan fingerprint density at radius 1 is 1.03 bits per heavy atom. The molecule has 0 saturated carbocycles. The number of anilines is 1. The normalized spacial score (nSPS) is 19.5. The predicted octanol–water partition coefficient (Wildman–Crippen LogP) is 4.17. The molecule has 11 nitrogen and oxygen atoms in total. The van der Waals surface area contributed by atoms with Crippen LogP contribution in [-0.2, 0) is 5.54 Å². The van der Waals surface area contributed by atoms with E-state index < -0.39 is 12.0 Å². The van der Waals surface area contributed by atoms with Crippen LogP contribution in [0.1, 0.15) is 37.8 Å². The minimum Gasteiger partial charge on any atom is -0.497 e. The van der Waals surface area contributed by atoms with Gasteiger partial charge in [-0.25, -0.2) is 14.5 Å². The molecule has 2 atom stereocenters. The number of carbonyl (C=O) groups excluding carboxylic acids is 1. The van der Waals surface area contributed by atoms with Gasteiger partial charge in [-0.2, -0.15) is 5.10 Å². The van der Waals surface area contributed by atoms with Gasteiger partial charge in [0.1, 0.15) is 17.6 Å². The van der Waals surface area contributed by atoms with Crippen molar-refractivity contribution in [1.82, 2.24) is 15.1 Å². The quantitative estimate of drug-likeness (QED) is 0.539. The number of aliphatic imine (C=N–C) groups is 1. The largest absolute Gasteiger partial charge is 0.497 e. The zero-order chi connectivity index (χ0) is 26.8. The fourth-order valence-corrected chi connectivity index (χ4v) is 5.36. The summed E-state index contributed by atoms with van der Waals surface area (Å²) in [6.07, 6.45) is 1.81. The molecule has 11 heteroatoms. The summed E-state index contributed by atoms with van der Waals surface area (Å²) in [5.74, 6) is 3.33. The fourth-order valence-electron chi connectivity index (χ4n) is 5.36. The molecule has 4 heterocycles. The molecule has 3 aromatic rings. The molecular weight excluding hydrogens is 490 g/mol. The first kappa shape index (κ1) is 24.0. The number of amides is 2. The molecule has 0 radical (unpaired) electrons. The first-order valence-electron chi connectivity index (χ1n) is 12.2. The molecule has 1 N–H and O–H groups in total. The second-order valence-electron chi connectivity index (χ2n) is 10.2. The maximum atomic E-state index is 13.5. The minimum absolute atomic E-state index is 0.0511. The molecular formula is C27H29N5O6. The number of aromatic nitrogens is 2. The SMILES string of the molecule is COc1cccc(N2C(=O)NC3=Nc4c(cnn4C(C)(C)C)[C@@H](c4cc(OC)c5c(c4OC)OCO5)[C@@H]32)c1. The molecule has 38 heavy (non-hydrogen) atoms. The highest BCUT2D eigenvalue weighted by Gasteiger charge is 2.50. The zero-order valence-corrected chi connectivity index (χ0v) is 22.1. The van der Waals surface area contributed by atoms with Gasteiger partial charge in [0.25, 0.3) is 0 Å². The molecule has 3 aliphatic heterocycles. The van der Waals surface area contributed by atoms with Crippen LogP contribution < -0.4 is 33.9 Å². The van der Waals surface area contributed by atoms with Gasteiger partial charge in [-0.1, -0.05) is 6.07 Å². The third-order valence-electron chi connectivity index (χ3n) is 6.98. The van der Waals surface area contributed by atoms with Crippen LogP contribution in [0.2, 0.25) is 0 Å². The van der Waals surface area contributed by atoms with E-state index in [9.17, 15) is 4.79 Å². The second-order valence-corrected chi connectivity index (χ2v) is 10.2. The molecule has 0 bridgehead atoms. The number of rotatable bonds is 5. The van der Waals surface area contributed by atoms with Crippen LogP contribution in [-0.4, -0.2) is 55.8 Å². The summed E-state index contributed by atoms with van der Waals surface area (Å²) in [5, 5.41) is 7.71. The van der Waals surface area contributed by atoms with Gasteiger partial charge in [0.15, 0.2) is 17.3 Å². The van der Waals surface area contributed by atoms with Gasteiger partial charge in [-0.15, -0.1) is 0 Å². The van der Waals surface area contributed by atoms with Gasteiger partial charge >= 0.3 is 6.03 Å². The zero-order valence-electron chi connectivity index (χ0n) is 22.1. The van der Waals surface area contributed by atoms with Crippen molar-refractivity contribution in [3.8, 4) is 28.7 Å². The number of nitrogens with one attached hydrogen (secondary N) is 1. The minimum atomic E-state index is -0.529. The lowest BCUT2D eigenvalue weighted by Crippen LogP contribution is -2.42. The van der Waals surface area contributed by atoms with E-state index in [1.54, 1.807) is 26.2 Å². The van der Waals surface area contributed by atoms with E-state index in [1.165, 1.54) is 0 Å². The van der Waals surface area contributed by atoms with Crippen LogP contribution in [0.5, 0.6) is 28.7 Å². The Morgan fingerprint density at radius 2 is 1.82 bits per heavy atom. The first-order chi connectivity index (χ1) is 18.3. The number of nitrogens with zero attached hydrogens (tertiary/aromatic N) is 4. The van der Waals surface area contributed by atoms with Crippen LogP contribution in [0, 0.1) is 0 Å². The van der Waals surface area contributed by atoms with Crippen molar-refractivity contribution < 1.29 is 28.5 Å². The number of methoxy groups -OCH3 is 3. The molecule has 198 valence electrons. The van der Waals surface area contributed by atoms with Gasteiger partial charge < -0.3 is 23.7 Å². The van der Waals surface area contributed by atoms with Crippen molar-refractivity contribution in [2.45, 2.75) is 38.3 Å². The van der Waals surface area contributed by atoms with Crippen molar-refractivity contribution in [1.29, 1.82) is 0 Å². The summed E-state index contributed by atoms with van der Waals surface area (Å²) in [6, 6.07) is 8.44. The van der Waals surface area contributed by atoms with Crippen molar-refractivity contribution >= 4 is 23.4 Å². The molecule has 0 unspecified atom stereocenters. The Labute approximate surface area is 219 Å². The topological polar surface area (TPSA) is 109 Å². The second kappa shape index (κ2) is 8.57. The number of urea groups is 1. The number of amidine groups is 1. The smallest absolute Gasteiger partial charge is 0.328 e. The van der Waals surface area contributed by atoms with Crippen LogP contribution in [0.3, 0.4) is 0 Å². The molecule has 0 aliphatic carbocycles. The van der Waals surface area contributed by atoms with Crippen molar-refractivity contribution in [3.63, 3.8) is 0 Å². The highest BCUT2D eigenvalue weighted by atomic mass is 16.7. The highest BCUT2D eigenvalue weighted by molar-refractivity contribution is 6.18. The van der Waals surface area contributed by atoms with E-state index in [0.29, 0.717) is 46.1 Å². The third kappa shape index (κ3) is 3.45. The Bertz CT molecular complexity index is 1470. The summed E-state index contributed by atoms with van der Waals surface area (Å²) < 4.78 is 30.4. The molecule has 0 spiro atoms. The molecule has 2 amide bonds.